The van der Waals surface area contributed by atoms with Crippen LogP contribution >= 0.6 is 0 Å². The first-order valence-electron chi connectivity index (χ1n) is 11.1. The van der Waals surface area contributed by atoms with Crippen LogP contribution < -0.4 is 0 Å². The molecule has 0 aliphatic carbocycles. The number of rotatable bonds is 4. The van der Waals surface area contributed by atoms with Crippen molar-refractivity contribution in [2.75, 3.05) is 0 Å². The summed E-state index contributed by atoms with van der Waals surface area (Å²) >= 11 is 0. The maximum Gasteiger partial charge on any atom is 0.435 e. The Morgan fingerprint density at radius 2 is 1.82 bits per heavy atom. The van der Waals surface area contributed by atoms with Gasteiger partial charge in [0, 0.05) is 31.3 Å². The maximum atomic E-state index is 13.6. The molecule has 3 aromatic rings. The van der Waals surface area contributed by atoms with Gasteiger partial charge in [0.25, 0.3) is 5.91 Å². The minimum atomic E-state index is -4.52. The molecule has 0 saturated heterocycles. The SMILES string of the molecule is CC[C@H]1Cc2c(nn(C)c2-c2cc(C(F)(F)F)nn2C)[C@@H](CC)N1C(=O)c1cccc(C)c1. The molecule has 33 heavy (non-hydrogen) atoms. The van der Waals surface area contributed by atoms with Crippen LogP contribution in [0, 0.1) is 6.92 Å². The molecule has 9 heteroatoms. The summed E-state index contributed by atoms with van der Waals surface area (Å²) in [6.07, 6.45) is -2.63. The number of fused-ring (bicyclic) bond motifs is 1. The van der Waals surface area contributed by atoms with Gasteiger partial charge in [-0.2, -0.15) is 23.4 Å². The van der Waals surface area contributed by atoms with Crippen molar-refractivity contribution in [1.29, 1.82) is 0 Å². The average molecular weight is 460 g/mol. The minimum absolute atomic E-state index is 0.0462. The molecule has 6 nitrogen and oxygen atoms in total. The number of halogens is 3. The van der Waals surface area contributed by atoms with E-state index in [1.165, 1.54) is 11.7 Å². The van der Waals surface area contributed by atoms with Gasteiger partial charge in [0.05, 0.1) is 23.1 Å². The molecule has 0 bridgehead atoms. The summed E-state index contributed by atoms with van der Waals surface area (Å²) in [4.78, 5) is 15.5. The Kier molecular flexibility index (Phi) is 5.84. The number of aromatic nitrogens is 4. The number of amides is 1. The third-order valence-corrected chi connectivity index (χ3v) is 6.43. The predicted molar refractivity (Wildman–Crippen MR) is 119 cm³/mol. The second-order valence-electron chi connectivity index (χ2n) is 8.64. The van der Waals surface area contributed by atoms with Crippen LogP contribution in [0.25, 0.3) is 11.4 Å². The number of benzene rings is 1. The number of alkyl halides is 3. The first-order valence-corrected chi connectivity index (χ1v) is 11.1. The molecule has 1 amide bonds. The molecule has 0 saturated carbocycles. The normalized spacial score (nSPS) is 18.5. The van der Waals surface area contributed by atoms with Crippen LogP contribution in [0.1, 0.15) is 65.6 Å². The van der Waals surface area contributed by atoms with Crippen molar-refractivity contribution in [2.45, 2.75) is 58.3 Å². The molecule has 1 aromatic carbocycles. The Bertz CT molecular complexity index is 1190. The van der Waals surface area contributed by atoms with Crippen LogP contribution in [0.3, 0.4) is 0 Å². The summed E-state index contributed by atoms with van der Waals surface area (Å²) in [6, 6.07) is 8.25. The van der Waals surface area contributed by atoms with E-state index in [1.807, 2.05) is 49.9 Å². The second-order valence-corrected chi connectivity index (χ2v) is 8.64. The molecule has 0 fully saturated rings. The molecular formula is C24H28F3N5O. The number of hydrogen-bond acceptors (Lipinski definition) is 3. The lowest BCUT2D eigenvalue weighted by Gasteiger charge is -2.41. The van der Waals surface area contributed by atoms with Crippen molar-refractivity contribution in [3.05, 3.63) is 58.4 Å². The highest BCUT2D eigenvalue weighted by atomic mass is 19.4. The number of carbonyl (C=O) groups is 1. The van der Waals surface area contributed by atoms with E-state index in [0.717, 1.165) is 29.3 Å². The number of carbonyl (C=O) groups excluding carboxylic acids is 1. The Labute approximate surface area is 191 Å². The van der Waals surface area contributed by atoms with Crippen LogP contribution in [-0.4, -0.2) is 36.4 Å². The van der Waals surface area contributed by atoms with Crippen molar-refractivity contribution in [3.8, 4) is 11.4 Å². The van der Waals surface area contributed by atoms with Crippen LogP contribution in [-0.2, 0) is 26.7 Å². The molecule has 1 aliphatic heterocycles. The van der Waals surface area contributed by atoms with Crippen LogP contribution in [0.15, 0.2) is 30.3 Å². The maximum absolute atomic E-state index is 13.6. The molecule has 4 rings (SSSR count). The summed E-state index contributed by atoms with van der Waals surface area (Å²) in [5, 5.41) is 8.39. The van der Waals surface area contributed by atoms with Gasteiger partial charge in [-0.15, -0.1) is 0 Å². The molecule has 176 valence electrons. The topological polar surface area (TPSA) is 56.0 Å². The summed E-state index contributed by atoms with van der Waals surface area (Å²) in [6.45, 7) is 5.98. The van der Waals surface area contributed by atoms with Gasteiger partial charge in [-0.3, -0.25) is 14.2 Å². The average Bonchev–Trinajstić information content (AvgIpc) is 3.30. The zero-order valence-electron chi connectivity index (χ0n) is 19.4. The largest absolute Gasteiger partial charge is 0.435 e. The quantitative estimate of drug-likeness (QED) is 0.547. The summed E-state index contributed by atoms with van der Waals surface area (Å²) < 4.78 is 42.7. The number of aryl methyl sites for hydroxylation is 3. The lowest BCUT2D eigenvalue weighted by Crippen LogP contribution is -2.47. The van der Waals surface area contributed by atoms with Crippen molar-refractivity contribution in [2.24, 2.45) is 14.1 Å². The molecule has 3 heterocycles. The van der Waals surface area contributed by atoms with Crippen LogP contribution in [0.4, 0.5) is 13.2 Å². The molecule has 0 radical (unpaired) electrons. The van der Waals surface area contributed by atoms with E-state index in [9.17, 15) is 18.0 Å². The van der Waals surface area contributed by atoms with Gasteiger partial charge in [-0.25, -0.2) is 0 Å². The molecule has 0 spiro atoms. The highest BCUT2D eigenvalue weighted by Crippen LogP contribution is 2.42. The highest BCUT2D eigenvalue weighted by Gasteiger charge is 2.41. The van der Waals surface area contributed by atoms with Gasteiger partial charge in [0.2, 0.25) is 0 Å². The molecule has 2 atom stereocenters. The molecular weight excluding hydrogens is 431 g/mol. The van der Waals surface area contributed by atoms with Crippen molar-refractivity contribution in [1.82, 2.24) is 24.5 Å². The lowest BCUT2D eigenvalue weighted by molar-refractivity contribution is -0.141. The molecule has 2 aromatic heterocycles. The third-order valence-electron chi connectivity index (χ3n) is 6.43. The Morgan fingerprint density at radius 3 is 2.39 bits per heavy atom. The first-order chi connectivity index (χ1) is 15.6. The monoisotopic (exact) mass is 459 g/mol. The van der Waals surface area contributed by atoms with Gasteiger partial charge in [-0.05, 0) is 44.4 Å². The fraction of sp³-hybridized carbons (Fsp3) is 0.458. The van der Waals surface area contributed by atoms with Crippen LogP contribution in [0.2, 0.25) is 0 Å². The zero-order valence-corrected chi connectivity index (χ0v) is 19.4. The van der Waals surface area contributed by atoms with Crippen molar-refractivity contribution < 1.29 is 18.0 Å². The minimum Gasteiger partial charge on any atom is -0.327 e. The van der Waals surface area contributed by atoms with E-state index < -0.39 is 11.9 Å². The molecule has 0 N–H and O–H groups in total. The van der Waals surface area contributed by atoms with Gasteiger partial charge >= 0.3 is 6.18 Å². The van der Waals surface area contributed by atoms with E-state index in [4.69, 9.17) is 5.10 Å². The van der Waals surface area contributed by atoms with Gasteiger partial charge in [-0.1, -0.05) is 31.5 Å². The summed E-state index contributed by atoms with van der Waals surface area (Å²) in [5.41, 5.74) is 3.33. The lowest BCUT2D eigenvalue weighted by atomic mass is 9.88. The smallest absolute Gasteiger partial charge is 0.327 e. The van der Waals surface area contributed by atoms with Crippen molar-refractivity contribution >= 4 is 5.91 Å². The number of nitrogens with zero attached hydrogens (tertiary/aromatic N) is 5. The second kappa shape index (κ2) is 8.35. The number of hydrogen-bond donors (Lipinski definition) is 0. The summed E-state index contributed by atoms with van der Waals surface area (Å²) in [5.74, 6) is -0.0462. The van der Waals surface area contributed by atoms with E-state index in [0.29, 0.717) is 29.8 Å². The fourth-order valence-corrected chi connectivity index (χ4v) is 4.89. The fourth-order valence-electron chi connectivity index (χ4n) is 4.89. The Hall–Kier alpha value is -3.10. The van der Waals surface area contributed by atoms with E-state index in [-0.39, 0.29) is 18.0 Å². The molecule has 1 aliphatic rings. The van der Waals surface area contributed by atoms with E-state index >= 15 is 0 Å². The highest BCUT2D eigenvalue weighted by molar-refractivity contribution is 5.95. The third kappa shape index (κ3) is 3.94. The zero-order chi connectivity index (χ0) is 24.1. The Balaban J connectivity index is 1.82. The van der Waals surface area contributed by atoms with Crippen molar-refractivity contribution in [3.63, 3.8) is 0 Å². The van der Waals surface area contributed by atoms with E-state index in [2.05, 4.69) is 5.10 Å². The van der Waals surface area contributed by atoms with E-state index in [1.54, 1.807) is 11.7 Å². The predicted octanol–water partition coefficient (Wildman–Crippen LogP) is 5.08. The molecule has 0 unspecified atom stereocenters. The van der Waals surface area contributed by atoms with Gasteiger partial charge < -0.3 is 4.90 Å². The first kappa shape index (κ1) is 23.1. The standard InChI is InChI=1S/C24H28F3N5O/c1-6-16-12-17-21(18(7-2)32(16)23(33)15-10-8-9-14(3)11-15)29-31(5)22(17)19-13-20(24(25,26)27)28-30(19)4/h8-11,13,16,18H,6-7,12H2,1-5H3/t16-,18+/m0/s1. The summed E-state index contributed by atoms with van der Waals surface area (Å²) in [7, 11) is 3.24. The van der Waals surface area contributed by atoms with Crippen LogP contribution in [0.5, 0.6) is 0 Å². The Morgan fingerprint density at radius 1 is 1.09 bits per heavy atom. The van der Waals surface area contributed by atoms with Gasteiger partial charge in [0.15, 0.2) is 5.69 Å². The van der Waals surface area contributed by atoms with Gasteiger partial charge in [0.1, 0.15) is 0 Å².